The molecule has 1 aliphatic rings. The molecule has 4 heteroatoms. The molecular weight excluding hydrogens is 148 g/mol. The van der Waals surface area contributed by atoms with Crippen molar-refractivity contribution in [3.63, 3.8) is 0 Å². The predicted molar refractivity (Wildman–Crippen MR) is 36.1 cm³/mol. The van der Waals surface area contributed by atoms with Gasteiger partial charge in [-0.2, -0.15) is 0 Å². The summed E-state index contributed by atoms with van der Waals surface area (Å²) in [6.45, 7) is 2.92. The lowest BCUT2D eigenvalue weighted by Crippen LogP contribution is -2.24. The monoisotopic (exact) mass is 158 g/mol. The second-order valence-corrected chi connectivity index (χ2v) is 3.45. The van der Waals surface area contributed by atoms with E-state index in [9.17, 15) is 9.59 Å². The van der Waals surface area contributed by atoms with Gasteiger partial charge in [-0.3, -0.25) is 9.59 Å². The lowest BCUT2D eigenvalue weighted by Gasteiger charge is -2.08. The summed E-state index contributed by atoms with van der Waals surface area (Å²) in [4.78, 5) is 21.1. The zero-order valence-corrected chi connectivity index (χ0v) is 6.42. The maximum absolute atomic E-state index is 10.5. The number of rotatable bonds is 2. The molecule has 0 aromatic heterocycles. The molecule has 4 nitrogen and oxygen atoms in total. The molecule has 0 heterocycles. The second-order valence-electron chi connectivity index (χ2n) is 3.45. The molecule has 0 radical (unpaired) electrons. The van der Waals surface area contributed by atoms with Crippen molar-refractivity contribution in [2.45, 2.75) is 20.3 Å². The summed E-state index contributed by atoms with van der Waals surface area (Å²) in [5.41, 5.74) is -2.11. The Morgan fingerprint density at radius 2 is 1.36 bits per heavy atom. The van der Waals surface area contributed by atoms with Crippen LogP contribution in [0.4, 0.5) is 0 Å². The zero-order valence-electron chi connectivity index (χ0n) is 6.42. The average Bonchev–Trinajstić information content (AvgIpc) is 2.39. The van der Waals surface area contributed by atoms with Gasteiger partial charge in [-0.05, 0) is 20.3 Å². The Labute approximate surface area is 63.8 Å². The first-order valence-corrected chi connectivity index (χ1v) is 3.31. The maximum Gasteiger partial charge on any atom is 0.310 e. The fraction of sp³-hybridized carbons (Fsp3) is 0.714. The molecule has 62 valence electrons. The van der Waals surface area contributed by atoms with E-state index >= 15 is 0 Å². The molecule has 1 rings (SSSR count). The van der Waals surface area contributed by atoms with Crippen LogP contribution in [0.5, 0.6) is 0 Å². The lowest BCUT2D eigenvalue weighted by molar-refractivity contribution is -0.152. The highest BCUT2D eigenvalue weighted by atomic mass is 16.4. The van der Waals surface area contributed by atoms with Crippen molar-refractivity contribution in [3.05, 3.63) is 0 Å². The van der Waals surface area contributed by atoms with Gasteiger partial charge in [-0.1, -0.05) is 0 Å². The van der Waals surface area contributed by atoms with E-state index < -0.39 is 22.8 Å². The van der Waals surface area contributed by atoms with Crippen molar-refractivity contribution in [1.82, 2.24) is 0 Å². The number of hydrogen-bond acceptors (Lipinski definition) is 2. The molecule has 0 bridgehead atoms. The molecule has 0 amide bonds. The van der Waals surface area contributed by atoms with Gasteiger partial charge in [-0.25, -0.2) is 0 Å². The third kappa shape index (κ3) is 0.751. The molecule has 1 aliphatic carbocycles. The maximum atomic E-state index is 10.5. The molecule has 0 aliphatic heterocycles. The van der Waals surface area contributed by atoms with Crippen LogP contribution in [0, 0.1) is 10.8 Å². The quantitative estimate of drug-likeness (QED) is 0.616. The van der Waals surface area contributed by atoms with Gasteiger partial charge < -0.3 is 10.2 Å². The Kier molecular flexibility index (Phi) is 1.28. The minimum absolute atomic E-state index is 0.227. The minimum Gasteiger partial charge on any atom is -0.481 e. The van der Waals surface area contributed by atoms with Crippen LogP contribution in [-0.4, -0.2) is 22.2 Å². The van der Waals surface area contributed by atoms with Gasteiger partial charge in [0.15, 0.2) is 0 Å². The van der Waals surface area contributed by atoms with E-state index in [1.807, 2.05) is 0 Å². The van der Waals surface area contributed by atoms with Crippen LogP contribution in [0.3, 0.4) is 0 Å². The van der Waals surface area contributed by atoms with E-state index in [4.69, 9.17) is 10.2 Å². The average molecular weight is 158 g/mol. The highest BCUT2D eigenvalue weighted by Gasteiger charge is 2.71. The first-order valence-electron chi connectivity index (χ1n) is 3.31. The van der Waals surface area contributed by atoms with Crippen molar-refractivity contribution in [2.75, 3.05) is 0 Å². The van der Waals surface area contributed by atoms with Crippen molar-refractivity contribution in [3.8, 4) is 0 Å². The topological polar surface area (TPSA) is 74.6 Å². The van der Waals surface area contributed by atoms with Gasteiger partial charge >= 0.3 is 11.9 Å². The van der Waals surface area contributed by atoms with Gasteiger partial charge in [-0.15, -0.1) is 0 Å². The van der Waals surface area contributed by atoms with E-state index in [1.54, 1.807) is 0 Å². The van der Waals surface area contributed by atoms with Gasteiger partial charge in [0.05, 0.1) is 10.8 Å². The molecular formula is C7H10O4. The van der Waals surface area contributed by atoms with Crippen LogP contribution >= 0.6 is 0 Å². The first kappa shape index (κ1) is 8.04. The van der Waals surface area contributed by atoms with Crippen LogP contribution in [0.25, 0.3) is 0 Å². The molecule has 0 aromatic rings. The molecule has 1 saturated carbocycles. The van der Waals surface area contributed by atoms with E-state index in [0.717, 1.165) is 0 Å². The molecule has 2 N–H and O–H groups in total. The summed E-state index contributed by atoms with van der Waals surface area (Å²) in [6.07, 6.45) is 0.227. The summed E-state index contributed by atoms with van der Waals surface area (Å²) in [6, 6.07) is 0. The number of aliphatic carboxylic acids is 2. The Morgan fingerprint density at radius 1 is 1.09 bits per heavy atom. The molecule has 0 saturated heterocycles. The third-order valence-corrected chi connectivity index (χ3v) is 2.74. The largest absolute Gasteiger partial charge is 0.481 e. The molecule has 0 unspecified atom stereocenters. The second kappa shape index (κ2) is 1.75. The zero-order chi connectivity index (χ0) is 8.86. The fourth-order valence-corrected chi connectivity index (χ4v) is 1.29. The molecule has 1 fully saturated rings. The first-order chi connectivity index (χ1) is 4.84. The Hall–Kier alpha value is -1.06. The number of carboxylic acids is 2. The van der Waals surface area contributed by atoms with Gasteiger partial charge in [0.1, 0.15) is 0 Å². The van der Waals surface area contributed by atoms with E-state index in [2.05, 4.69) is 0 Å². The van der Waals surface area contributed by atoms with Crippen LogP contribution in [0.2, 0.25) is 0 Å². The lowest BCUT2D eigenvalue weighted by atomic mass is 9.97. The third-order valence-electron chi connectivity index (χ3n) is 2.74. The van der Waals surface area contributed by atoms with E-state index in [-0.39, 0.29) is 6.42 Å². The minimum atomic E-state index is -1.06. The van der Waals surface area contributed by atoms with Gasteiger partial charge in [0.25, 0.3) is 0 Å². The van der Waals surface area contributed by atoms with Crippen molar-refractivity contribution >= 4 is 11.9 Å². The SMILES string of the molecule is C[C@@]1(C(=O)O)C[C@]1(C)C(=O)O. The molecule has 11 heavy (non-hydrogen) atoms. The summed E-state index contributed by atoms with van der Waals surface area (Å²) in [7, 11) is 0. The van der Waals surface area contributed by atoms with Crippen molar-refractivity contribution < 1.29 is 19.8 Å². The molecule has 2 atom stereocenters. The van der Waals surface area contributed by atoms with Crippen molar-refractivity contribution in [2.24, 2.45) is 10.8 Å². The van der Waals surface area contributed by atoms with E-state index in [0.29, 0.717) is 0 Å². The summed E-state index contributed by atoms with van der Waals surface area (Å²) in [5.74, 6) is -2.05. The fourth-order valence-electron chi connectivity index (χ4n) is 1.29. The van der Waals surface area contributed by atoms with Crippen LogP contribution in [0.15, 0.2) is 0 Å². The normalized spacial score (nSPS) is 41.6. The number of carbonyl (C=O) groups is 2. The molecule has 0 aromatic carbocycles. The summed E-state index contributed by atoms with van der Waals surface area (Å²) >= 11 is 0. The van der Waals surface area contributed by atoms with E-state index in [1.165, 1.54) is 13.8 Å². The summed E-state index contributed by atoms with van der Waals surface area (Å²) < 4.78 is 0. The smallest absolute Gasteiger partial charge is 0.310 e. The number of hydrogen-bond donors (Lipinski definition) is 2. The number of carboxylic acid groups (broad SMARTS) is 2. The standard InChI is InChI=1S/C7H10O4/c1-6(4(8)9)3-7(6,2)5(10)11/h3H2,1-2H3,(H,8,9)(H,10,11)/t6-,7+. The Balaban J connectivity index is 2.87. The van der Waals surface area contributed by atoms with Crippen molar-refractivity contribution in [1.29, 1.82) is 0 Å². The highest BCUT2D eigenvalue weighted by Crippen LogP contribution is 2.63. The molecule has 0 spiro atoms. The Morgan fingerprint density at radius 3 is 1.45 bits per heavy atom. The van der Waals surface area contributed by atoms with Crippen LogP contribution < -0.4 is 0 Å². The van der Waals surface area contributed by atoms with Crippen LogP contribution in [0.1, 0.15) is 20.3 Å². The summed E-state index contributed by atoms with van der Waals surface area (Å²) in [5, 5.41) is 17.3. The highest BCUT2D eigenvalue weighted by molar-refractivity contribution is 5.92. The Bertz CT molecular complexity index is 211. The van der Waals surface area contributed by atoms with Gasteiger partial charge in [0, 0.05) is 0 Å². The van der Waals surface area contributed by atoms with Crippen LogP contribution in [-0.2, 0) is 9.59 Å². The van der Waals surface area contributed by atoms with Gasteiger partial charge in [0.2, 0.25) is 0 Å². The predicted octanol–water partition coefficient (Wildman–Crippen LogP) is 0.572.